The van der Waals surface area contributed by atoms with Crippen molar-refractivity contribution in [2.75, 3.05) is 10.6 Å². The number of aromatic amines is 1. The van der Waals surface area contributed by atoms with E-state index in [0.717, 1.165) is 22.4 Å². The van der Waals surface area contributed by atoms with E-state index in [9.17, 15) is 0 Å². The molecule has 5 rings (SSSR count). The van der Waals surface area contributed by atoms with Crippen LogP contribution in [-0.4, -0.2) is 29.7 Å². The number of rotatable bonds is 6. The molecule has 0 radical (unpaired) electrons. The van der Waals surface area contributed by atoms with E-state index in [4.69, 9.17) is 0 Å². The first-order chi connectivity index (χ1) is 13.2. The van der Waals surface area contributed by atoms with Gasteiger partial charge in [-0.2, -0.15) is 10.1 Å². The molecule has 0 aliphatic heterocycles. The van der Waals surface area contributed by atoms with E-state index >= 15 is 0 Å². The Morgan fingerprint density at radius 1 is 1.15 bits per heavy atom. The highest BCUT2D eigenvalue weighted by Gasteiger charge is 2.25. The van der Waals surface area contributed by atoms with Crippen molar-refractivity contribution in [3.63, 3.8) is 0 Å². The molecule has 1 saturated carbocycles. The van der Waals surface area contributed by atoms with Crippen LogP contribution in [0.25, 0.3) is 11.0 Å². The highest BCUT2D eigenvalue weighted by Crippen LogP contribution is 2.39. The topological polar surface area (TPSA) is 96.3 Å². The molecule has 0 bridgehead atoms. The van der Waals surface area contributed by atoms with Crippen LogP contribution < -0.4 is 10.6 Å². The van der Waals surface area contributed by atoms with Gasteiger partial charge in [-0.15, -0.1) is 0 Å². The molecule has 0 spiro atoms. The maximum Gasteiger partial charge on any atom is 0.224 e. The molecule has 0 unspecified atom stereocenters. The van der Waals surface area contributed by atoms with E-state index in [0.29, 0.717) is 24.2 Å². The van der Waals surface area contributed by atoms with Crippen LogP contribution in [0.3, 0.4) is 0 Å². The van der Waals surface area contributed by atoms with Crippen LogP contribution in [0.2, 0.25) is 0 Å². The summed E-state index contributed by atoms with van der Waals surface area (Å²) in [5.74, 6) is 2.71. The van der Waals surface area contributed by atoms with E-state index in [2.05, 4.69) is 54.0 Å². The predicted molar refractivity (Wildman–Crippen MR) is 104 cm³/mol. The van der Waals surface area contributed by atoms with Crippen molar-refractivity contribution >= 4 is 28.6 Å². The third kappa shape index (κ3) is 3.33. The standard InChI is InChI=1S/C19H20N8/c1-27-11-22-14-5-2-12(8-16(14)27)10-21-19-20-7-6-17(24-19)23-18-9-15(25-26-18)13-3-4-13/h2,5-9,11,13H,3-4,10H2,1H3,(H3,20,21,23,24,25,26). The normalized spacial score (nSPS) is 13.8. The Balaban J connectivity index is 1.27. The molecule has 0 saturated heterocycles. The summed E-state index contributed by atoms with van der Waals surface area (Å²) in [7, 11) is 1.99. The molecular weight excluding hydrogens is 340 g/mol. The first-order valence-electron chi connectivity index (χ1n) is 9.04. The zero-order chi connectivity index (χ0) is 18.2. The van der Waals surface area contributed by atoms with Gasteiger partial charge in [-0.25, -0.2) is 9.97 Å². The molecule has 3 heterocycles. The Hall–Kier alpha value is -3.42. The van der Waals surface area contributed by atoms with Gasteiger partial charge in [-0.1, -0.05) is 6.07 Å². The lowest BCUT2D eigenvalue weighted by molar-refractivity contribution is 0.945. The Morgan fingerprint density at radius 3 is 2.96 bits per heavy atom. The smallest absolute Gasteiger partial charge is 0.224 e. The quantitative estimate of drug-likeness (QED) is 0.488. The third-order valence-corrected chi connectivity index (χ3v) is 4.77. The molecule has 8 nitrogen and oxygen atoms in total. The molecule has 0 amide bonds. The number of H-pyrrole nitrogens is 1. The van der Waals surface area contributed by atoms with Crippen molar-refractivity contribution in [2.24, 2.45) is 7.05 Å². The van der Waals surface area contributed by atoms with Crippen LogP contribution in [0.4, 0.5) is 17.6 Å². The van der Waals surface area contributed by atoms with E-state index in [1.54, 1.807) is 6.20 Å². The van der Waals surface area contributed by atoms with Gasteiger partial charge in [-0.3, -0.25) is 5.10 Å². The SMILES string of the molecule is Cn1cnc2ccc(CNc3nccc(Nc4cc(C5CC5)[nH]n4)n3)cc21. The fraction of sp³-hybridized carbons (Fsp3) is 0.263. The summed E-state index contributed by atoms with van der Waals surface area (Å²) in [5, 5.41) is 13.9. The number of hydrogen-bond acceptors (Lipinski definition) is 6. The molecule has 27 heavy (non-hydrogen) atoms. The first-order valence-corrected chi connectivity index (χ1v) is 9.04. The number of anilines is 3. The second-order valence-corrected chi connectivity index (χ2v) is 6.91. The molecule has 136 valence electrons. The van der Waals surface area contributed by atoms with Crippen molar-refractivity contribution < 1.29 is 0 Å². The molecule has 8 heteroatoms. The minimum Gasteiger partial charge on any atom is -0.350 e. The summed E-state index contributed by atoms with van der Waals surface area (Å²) in [6.07, 6.45) is 6.04. The van der Waals surface area contributed by atoms with Gasteiger partial charge >= 0.3 is 0 Å². The van der Waals surface area contributed by atoms with Gasteiger partial charge in [0.05, 0.1) is 17.4 Å². The fourth-order valence-electron chi connectivity index (χ4n) is 3.11. The first kappa shape index (κ1) is 15.8. The molecule has 0 atom stereocenters. The number of benzene rings is 1. The predicted octanol–water partition coefficient (Wildman–Crippen LogP) is 3.32. The Kier molecular flexibility index (Phi) is 3.74. The number of imidazole rings is 1. The molecule has 3 aromatic heterocycles. The second-order valence-electron chi connectivity index (χ2n) is 6.91. The number of aryl methyl sites for hydroxylation is 1. The summed E-state index contributed by atoms with van der Waals surface area (Å²) >= 11 is 0. The van der Waals surface area contributed by atoms with Gasteiger partial charge in [0.1, 0.15) is 5.82 Å². The van der Waals surface area contributed by atoms with Crippen molar-refractivity contribution in [2.45, 2.75) is 25.3 Å². The number of fused-ring (bicyclic) bond motifs is 1. The fourth-order valence-corrected chi connectivity index (χ4v) is 3.11. The lowest BCUT2D eigenvalue weighted by Crippen LogP contribution is -2.05. The molecule has 1 aromatic carbocycles. The van der Waals surface area contributed by atoms with Crippen molar-refractivity contribution in [3.8, 4) is 0 Å². The van der Waals surface area contributed by atoms with Crippen molar-refractivity contribution in [1.29, 1.82) is 0 Å². The Bertz CT molecular complexity index is 1090. The van der Waals surface area contributed by atoms with Gasteiger partial charge in [0.25, 0.3) is 0 Å². The van der Waals surface area contributed by atoms with Crippen LogP contribution in [0, 0.1) is 0 Å². The zero-order valence-corrected chi connectivity index (χ0v) is 15.0. The highest BCUT2D eigenvalue weighted by atomic mass is 15.2. The van der Waals surface area contributed by atoms with Gasteiger partial charge in [-0.05, 0) is 36.6 Å². The molecule has 4 aromatic rings. The molecular formula is C19H20N8. The van der Waals surface area contributed by atoms with Gasteiger partial charge in [0, 0.05) is 37.5 Å². The maximum absolute atomic E-state index is 4.52. The molecule has 3 N–H and O–H groups in total. The minimum atomic E-state index is 0.572. The number of aromatic nitrogens is 6. The van der Waals surface area contributed by atoms with Crippen LogP contribution >= 0.6 is 0 Å². The second kappa shape index (κ2) is 6.39. The average Bonchev–Trinajstić information content (AvgIpc) is 3.33. The summed E-state index contributed by atoms with van der Waals surface area (Å²) < 4.78 is 2.01. The Morgan fingerprint density at radius 2 is 2.07 bits per heavy atom. The van der Waals surface area contributed by atoms with Crippen molar-refractivity contribution in [1.82, 2.24) is 29.7 Å². The van der Waals surface area contributed by atoms with Gasteiger partial charge in [0.2, 0.25) is 5.95 Å². The van der Waals surface area contributed by atoms with E-state index in [1.807, 2.05) is 30.1 Å². The lowest BCUT2D eigenvalue weighted by Gasteiger charge is -2.07. The number of nitrogens with zero attached hydrogens (tertiary/aromatic N) is 5. The average molecular weight is 360 g/mol. The largest absolute Gasteiger partial charge is 0.350 e. The zero-order valence-electron chi connectivity index (χ0n) is 15.0. The summed E-state index contributed by atoms with van der Waals surface area (Å²) in [5.41, 5.74) is 4.44. The van der Waals surface area contributed by atoms with Crippen LogP contribution in [0.5, 0.6) is 0 Å². The Labute approximate surface area is 156 Å². The molecule has 1 fully saturated rings. The molecule has 1 aliphatic rings. The number of hydrogen-bond donors (Lipinski definition) is 3. The highest BCUT2D eigenvalue weighted by molar-refractivity contribution is 5.76. The van der Waals surface area contributed by atoms with Crippen LogP contribution in [-0.2, 0) is 13.6 Å². The van der Waals surface area contributed by atoms with E-state index < -0.39 is 0 Å². The minimum absolute atomic E-state index is 0.572. The maximum atomic E-state index is 4.52. The lowest BCUT2D eigenvalue weighted by atomic mass is 10.2. The summed E-state index contributed by atoms with van der Waals surface area (Å²) in [6.45, 7) is 0.638. The third-order valence-electron chi connectivity index (χ3n) is 4.77. The summed E-state index contributed by atoms with van der Waals surface area (Å²) in [4.78, 5) is 13.2. The number of nitrogens with one attached hydrogen (secondary N) is 3. The summed E-state index contributed by atoms with van der Waals surface area (Å²) in [6, 6.07) is 10.1. The van der Waals surface area contributed by atoms with Gasteiger partial charge in [0.15, 0.2) is 5.82 Å². The van der Waals surface area contributed by atoms with Crippen LogP contribution in [0.1, 0.15) is 30.0 Å². The van der Waals surface area contributed by atoms with E-state index in [1.165, 1.54) is 18.5 Å². The van der Waals surface area contributed by atoms with Gasteiger partial charge < -0.3 is 15.2 Å². The van der Waals surface area contributed by atoms with Crippen molar-refractivity contribution in [3.05, 3.63) is 54.1 Å². The monoisotopic (exact) mass is 360 g/mol. The molecule has 1 aliphatic carbocycles. The van der Waals surface area contributed by atoms with Crippen LogP contribution in [0.15, 0.2) is 42.9 Å². The van der Waals surface area contributed by atoms with E-state index in [-0.39, 0.29) is 0 Å².